The van der Waals surface area contributed by atoms with Gasteiger partial charge in [-0.05, 0) is 60.4 Å². The second-order valence-electron chi connectivity index (χ2n) is 9.30. The quantitative estimate of drug-likeness (QED) is 0.586. The van der Waals surface area contributed by atoms with Gasteiger partial charge in [0, 0.05) is 17.6 Å². The molecule has 0 bridgehead atoms. The molecule has 9 heteroatoms. The molecule has 2 unspecified atom stereocenters. The summed E-state index contributed by atoms with van der Waals surface area (Å²) in [5.41, 5.74) is 1.59. The number of aromatic amines is 1. The molecule has 1 aromatic carbocycles. The number of carbonyl (C=O) groups excluding carboxylic acids is 1. The van der Waals surface area contributed by atoms with Gasteiger partial charge < -0.3 is 15.0 Å². The number of carbonyl (C=O) groups is 1. The second kappa shape index (κ2) is 9.51. The van der Waals surface area contributed by atoms with E-state index in [1.165, 1.54) is 25.3 Å². The van der Waals surface area contributed by atoms with E-state index in [0.29, 0.717) is 5.92 Å². The van der Waals surface area contributed by atoms with Gasteiger partial charge in [-0.15, -0.1) is 0 Å². The van der Waals surface area contributed by atoms with Crippen LogP contribution in [-0.4, -0.2) is 28.8 Å². The van der Waals surface area contributed by atoms with E-state index in [-0.39, 0.29) is 28.2 Å². The van der Waals surface area contributed by atoms with Crippen LogP contribution in [0.5, 0.6) is 5.75 Å². The van der Waals surface area contributed by atoms with Crippen molar-refractivity contribution in [2.45, 2.75) is 44.9 Å². The SMILES string of the molecule is COc1ccc(S(=N)(=O)/C=C/CNC(=O)c2cc3c([nH]c2=O)CCC(C(C)(C)C)C3)cc1F. The first-order valence-corrected chi connectivity index (χ1v) is 12.4. The van der Waals surface area contributed by atoms with E-state index in [1.807, 2.05) is 0 Å². The Balaban J connectivity index is 1.68. The summed E-state index contributed by atoms with van der Waals surface area (Å²) in [5.74, 6) is -0.803. The predicted molar refractivity (Wildman–Crippen MR) is 126 cm³/mol. The van der Waals surface area contributed by atoms with Crippen LogP contribution in [0.4, 0.5) is 4.39 Å². The monoisotopic (exact) mass is 475 g/mol. The molecule has 0 saturated heterocycles. The number of aryl methyl sites for hydroxylation is 1. The van der Waals surface area contributed by atoms with Crippen LogP contribution in [0, 0.1) is 21.9 Å². The van der Waals surface area contributed by atoms with Crippen molar-refractivity contribution >= 4 is 15.6 Å². The number of aromatic nitrogens is 1. The van der Waals surface area contributed by atoms with E-state index in [1.54, 1.807) is 6.07 Å². The van der Waals surface area contributed by atoms with E-state index in [9.17, 15) is 18.2 Å². The van der Waals surface area contributed by atoms with Gasteiger partial charge in [-0.2, -0.15) is 0 Å². The van der Waals surface area contributed by atoms with Crippen molar-refractivity contribution in [2.75, 3.05) is 13.7 Å². The Hall–Kier alpha value is -2.94. The zero-order chi connectivity index (χ0) is 24.4. The summed E-state index contributed by atoms with van der Waals surface area (Å²) >= 11 is 0. The molecule has 1 aromatic heterocycles. The number of H-pyrrole nitrogens is 1. The fraction of sp³-hybridized carbons (Fsp3) is 0.417. The average Bonchev–Trinajstić information content (AvgIpc) is 2.75. The van der Waals surface area contributed by atoms with Crippen molar-refractivity contribution in [1.29, 1.82) is 4.78 Å². The Bertz CT molecular complexity index is 1240. The largest absolute Gasteiger partial charge is 0.494 e. The van der Waals surface area contributed by atoms with E-state index < -0.39 is 27.0 Å². The summed E-state index contributed by atoms with van der Waals surface area (Å²) in [5, 5.41) is 3.70. The van der Waals surface area contributed by atoms with E-state index in [4.69, 9.17) is 9.52 Å². The van der Waals surface area contributed by atoms with E-state index >= 15 is 0 Å². The van der Waals surface area contributed by atoms with Crippen LogP contribution in [0.1, 0.15) is 48.8 Å². The van der Waals surface area contributed by atoms with Gasteiger partial charge in [0.1, 0.15) is 5.56 Å². The van der Waals surface area contributed by atoms with Crippen molar-refractivity contribution in [2.24, 2.45) is 11.3 Å². The van der Waals surface area contributed by atoms with Crippen LogP contribution < -0.4 is 15.6 Å². The number of hydrogen-bond acceptors (Lipinski definition) is 5. The van der Waals surface area contributed by atoms with Crippen LogP contribution in [0.3, 0.4) is 0 Å². The zero-order valence-corrected chi connectivity index (χ0v) is 20.1. The molecule has 0 saturated carbocycles. The molecule has 0 fully saturated rings. The molecule has 178 valence electrons. The minimum atomic E-state index is -3.41. The molecule has 1 heterocycles. The third-order valence-electron chi connectivity index (χ3n) is 6.04. The fourth-order valence-corrected chi connectivity index (χ4v) is 5.03. The molecule has 3 N–H and O–H groups in total. The summed E-state index contributed by atoms with van der Waals surface area (Å²) in [7, 11) is -2.09. The maximum Gasteiger partial charge on any atom is 0.261 e. The summed E-state index contributed by atoms with van der Waals surface area (Å²) in [4.78, 5) is 27.8. The number of benzene rings is 1. The van der Waals surface area contributed by atoms with Gasteiger partial charge in [-0.3, -0.25) is 9.59 Å². The number of fused-ring (bicyclic) bond motifs is 1. The van der Waals surface area contributed by atoms with E-state index in [0.717, 1.165) is 42.0 Å². The number of hydrogen-bond donors (Lipinski definition) is 3. The van der Waals surface area contributed by atoms with Gasteiger partial charge in [0.05, 0.1) is 21.7 Å². The Labute approximate surface area is 193 Å². The number of methoxy groups -OCH3 is 1. The molecule has 33 heavy (non-hydrogen) atoms. The lowest BCUT2D eigenvalue weighted by molar-refractivity contribution is 0.0956. The number of pyridine rings is 1. The first kappa shape index (κ1) is 24.7. The van der Waals surface area contributed by atoms with Crippen molar-refractivity contribution in [3.63, 3.8) is 0 Å². The van der Waals surface area contributed by atoms with Crippen LogP contribution in [0.2, 0.25) is 0 Å². The number of rotatable bonds is 6. The van der Waals surface area contributed by atoms with Crippen LogP contribution in [-0.2, 0) is 22.6 Å². The Morgan fingerprint density at radius 3 is 2.73 bits per heavy atom. The Kier molecular flexibility index (Phi) is 7.11. The van der Waals surface area contributed by atoms with Gasteiger partial charge in [-0.1, -0.05) is 26.8 Å². The highest BCUT2D eigenvalue weighted by molar-refractivity contribution is 7.95. The van der Waals surface area contributed by atoms with Crippen LogP contribution in [0.25, 0.3) is 0 Å². The first-order valence-electron chi connectivity index (χ1n) is 10.7. The van der Waals surface area contributed by atoms with Gasteiger partial charge in [0.2, 0.25) is 0 Å². The number of nitrogens with one attached hydrogen (secondary N) is 3. The lowest BCUT2D eigenvalue weighted by atomic mass is 9.71. The molecule has 0 radical (unpaired) electrons. The van der Waals surface area contributed by atoms with Crippen LogP contribution in [0.15, 0.2) is 45.4 Å². The minimum absolute atomic E-state index is 0.00529. The highest BCUT2D eigenvalue weighted by atomic mass is 32.2. The molecule has 1 amide bonds. The summed E-state index contributed by atoms with van der Waals surface area (Å²) in [6.07, 6.45) is 3.93. The predicted octanol–water partition coefficient (Wildman–Crippen LogP) is 4.02. The lowest BCUT2D eigenvalue weighted by Crippen LogP contribution is -2.33. The zero-order valence-electron chi connectivity index (χ0n) is 19.3. The van der Waals surface area contributed by atoms with Gasteiger partial charge in [0.15, 0.2) is 11.6 Å². The Morgan fingerprint density at radius 2 is 2.09 bits per heavy atom. The molecule has 1 aliphatic carbocycles. The minimum Gasteiger partial charge on any atom is -0.494 e. The molecule has 2 aromatic rings. The standard InChI is InChI=1S/C24H30FN3O4S/c1-24(2,3)16-6-8-20-15(12-16)13-18(23(30)28-20)22(29)27-10-5-11-33(26,31)17-7-9-21(32-4)19(25)14-17/h5,7,9,11,13-14,16,26H,6,8,10,12H2,1-4H3,(H,27,29)(H,28,30)/b11-5+. The normalized spacial score (nSPS) is 17.9. The maximum absolute atomic E-state index is 13.9. The molecule has 0 aliphatic heterocycles. The third kappa shape index (κ3) is 5.71. The van der Waals surface area contributed by atoms with E-state index in [2.05, 4.69) is 31.1 Å². The Morgan fingerprint density at radius 1 is 1.36 bits per heavy atom. The fourth-order valence-electron chi connectivity index (χ4n) is 3.96. The summed E-state index contributed by atoms with van der Waals surface area (Å²) in [6.45, 7) is 6.55. The molecule has 7 nitrogen and oxygen atoms in total. The second-order valence-corrected chi connectivity index (χ2v) is 11.2. The molecular weight excluding hydrogens is 445 g/mol. The number of ether oxygens (including phenoxy) is 1. The number of halogens is 1. The highest BCUT2D eigenvalue weighted by Gasteiger charge is 2.30. The van der Waals surface area contributed by atoms with Crippen molar-refractivity contribution in [3.05, 3.63) is 68.7 Å². The van der Waals surface area contributed by atoms with Crippen molar-refractivity contribution < 1.29 is 18.1 Å². The van der Waals surface area contributed by atoms with Gasteiger partial charge in [0.25, 0.3) is 11.5 Å². The first-order chi connectivity index (χ1) is 15.4. The van der Waals surface area contributed by atoms with Gasteiger partial charge >= 0.3 is 0 Å². The molecule has 0 spiro atoms. The smallest absolute Gasteiger partial charge is 0.261 e. The molecule has 2 atom stereocenters. The van der Waals surface area contributed by atoms with Crippen molar-refractivity contribution in [1.82, 2.24) is 10.3 Å². The summed E-state index contributed by atoms with van der Waals surface area (Å²) < 4.78 is 39.3. The molecule has 1 aliphatic rings. The lowest BCUT2D eigenvalue weighted by Gasteiger charge is -2.34. The summed E-state index contributed by atoms with van der Waals surface area (Å²) in [6, 6.07) is 5.33. The van der Waals surface area contributed by atoms with Crippen molar-refractivity contribution in [3.8, 4) is 5.75 Å². The molecular formula is C24H30FN3O4S. The van der Waals surface area contributed by atoms with Gasteiger partial charge in [-0.25, -0.2) is 13.4 Å². The maximum atomic E-state index is 13.9. The average molecular weight is 476 g/mol. The molecule has 3 rings (SSSR count). The van der Waals surface area contributed by atoms with Crippen LogP contribution >= 0.6 is 0 Å². The third-order valence-corrected chi connectivity index (χ3v) is 7.57. The topological polar surface area (TPSA) is 112 Å². The highest BCUT2D eigenvalue weighted by Crippen LogP contribution is 2.36. The number of amides is 1.